The highest BCUT2D eigenvalue weighted by molar-refractivity contribution is 14.0. The van der Waals surface area contributed by atoms with Gasteiger partial charge in [-0.2, -0.15) is 0 Å². The second-order valence-electron chi connectivity index (χ2n) is 5.16. The lowest BCUT2D eigenvalue weighted by atomic mass is 10.1. The van der Waals surface area contributed by atoms with Crippen LogP contribution >= 0.6 is 24.0 Å². The number of rotatable bonds is 5. The average molecular weight is 391 g/mol. The molecule has 20 heavy (non-hydrogen) atoms. The maximum absolute atomic E-state index is 6.01. The van der Waals surface area contributed by atoms with E-state index in [9.17, 15) is 0 Å². The molecule has 2 N–H and O–H groups in total. The highest BCUT2D eigenvalue weighted by atomic mass is 127. The number of nitrogens with zero attached hydrogens (tertiary/aromatic N) is 4. The molecular weight excluding hydrogens is 365 g/mol. The van der Waals surface area contributed by atoms with Gasteiger partial charge in [0.1, 0.15) is 5.82 Å². The van der Waals surface area contributed by atoms with Crippen molar-refractivity contribution in [1.82, 2.24) is 14.5 Å². The van der Waals surface area contributed by atoms with Crippen molar-refractivity contribution in [3.63, 3.8) is 0 Å². The fourth-order valence-electron chi connectivity index (χ4n) is 2.45. The number of likely N-dealkylation sites (tertiary alicyclic amines) is 1. The van der Waals surface area contributed by atoms with Crippen LogP contribution < -0.4 is 5.73 Å². The smallest absolute Gasteiger partial charge is 0.191 e. The van der Waals surface area contributed by atoms with E-state index in [-0.39, 0.29) is 24.0 Å². The topological polar surface area (TPSA) is 59.4 Å². The van der Waals surface area contributed by atoms with Gasteiger partial charge in [-0.15, -0.1) is 24.0 Å². The van der Waals surface area contributed by atoms with Crippen molar-refractivity contribution in [1.29, 1.82) is 0 Å². The van der Waals surface area contributed by atoms with Gasteiger partial charge in [-0.25, -0.2) is 4.98 Å². The molecule has 5 nitrogen and oxygen atoms in total. The lowest BCUT2D eigenvalue weighted by molar-refractivity contribution is 0.338. The van der Waals surface area contributed by atoms with Crippen molar-refractivity contribution < 1.29 is 0 Å². The van der Waals surface area contributed by atoms with Crippen LogP contribution in [0.25, 0.3) is 0 Å². The van der Waals surface area contributed by atoms with E-state index in [0.29, 0.717) is 0 Å². The minimum Gasteiger partial charge on any atom is -0.370 e. The zero-order valence-corrected chi connectivity index (χ0v) is 14.6. The van der Waals surface area contributed by atoms with E-state index in [0.717, 1.165) is 50.8 Å². The minimum atomic E-state index is 0. The SMILES string of the molecule is Cc1nccn1CCCCN=C(N)N1CCCCC1.I. The van der Waals surface area contributed by atoms with Gasteiger partial charge < -0.3 is 15.2 Å². The average Bonchev–Trinajstić information content (AvgIpc) is 2.85. The predicted octanol–water partition coefficient (Wildman–Crippen LogP) is 2.39. The summed E-state index contributed by atoms with van der Waals surface area (Å²) in [6.07, 6.45) is 9.89. The summed E-state index contributed by atoms with van der Waals surface area (Å²) in [4.78, 5) is 10.9. The van der Waals surface area contributed by atoms with Crippen LogP contribution in [0.4, 0.5) is 0 Å². The number of unbranched alkanes of at least 4 members (excludes halogenated alkanes) is 1. The Morgan fingerprint density at radius 2 is 2.05 bits per heavy atom. The quantitative estimate of drug-likeness (QED) is 0.363. The Kier molecular flexibility index (Phi) is 7.94. The fourth-order valence-corrected chi connectivity index (χ4v) is 2.45. The van der Waals surface area contributed by atoms with Gasteiger partial charge in [0, 0.05) is 38.6 Å². The third-order valence-corrected chi connectivity index (χ3v) is 3.68. The first-order chi connectivity index (χ1) is 9.27. The zero-order chi connectivity index (χ0) is 13.5. The number of aliphatic imine (C=N–C) groups is 1. The van der Waals surface area contributed by atoms with Crippen LogP contribution in [0.15, 0.2) is 17.4 Å². The van der Waals surface area contributed by atoms with E-state index in [1.165, 1.54) is 19.3 Å². The molecule has 114 valence electrons. The number of hydrogen-bond donors (Lipinski definition) is 1. The van der Waals surface area contributed by atoms with Crippen LogP contribution in [-0.4, -0.2) is 40.0 Å². The number of hydrogen-bond acceptors (Lipinski definition) is 2. The molecule has 1 fully saturated rings. The summed E-state index contributed by atoms with van der Waals surface area (Å²) in [5.41, 5.74) is 6.01. The molecule has 0 amide bonds. The van der Waals surface area contributed by atoms with E-state index in [1.807, 2.05) is 19.3 Å². The summed E-state index contributed by atoms with van der Waals surface area (Å²) < 4.78 is 2.18. The van der Waals surface area contributed by atoms with Crippen molar-refractivity contribution in [3.8, 4) is 0 Å². The van der Waals surface area contributed by atoms with Crippen LogP contribution in [0.2, 0.25) is 0 Å². The highest BCUT2D eigenvalue weighted by Crippen LogP contribution is 2.08. The van der Waals surface area contributed by atoms with Crippen LogP contribution in [0.3, 0.4) is 0 Å². The molecule has 1 aliphatic heterocycles. The summed E-state index contributed by atoms with van der Waals surface area (Å²) in [7, 11) is 0. The maximum atomic E-state index is 6.01. The largest absolute Gasteiger partial charge is 0.370 e. The molecular formula is C14H26IN5. The molecule has 0 unspecified atom stereocenters. The van der Waals surface area contributed by atoms with Gasteiger partial charge in [0.15, 0.2) is 5.96 Å². The molecule has 1 aliphatic rings. The highest BCUT2D eigenvalue weighted by Gasteiger charge is 2.11. The van der Waals surface area contributed by atoms with Crippen molar-refractivity contribution in [2.24, 2.45) is 10.7 Å². The van der Waals surface area contributed by atoms with Crippen LogP contribution in [-0.2, 0) is 6.54 Å². The number of imidazole rings is 1. The molecule has 0 spiro atoms. The van der Waals surface area contributed by atoms with Crippen LogP contribution in [0.5, 0.6) is 0 Å². The van der Waals surface area contributed by atoms with Gasteiger partial charge in [0.25, 0.3) is 0 Å². The summed E-state index contributed by atoms with van der Waals surface area (Å²) in [6.45, 7) is 6.03. The van der Waals surface area contributed by atoms with E-state index in [4.69, 9.17) is 5.73 Å². The lowest BCUT2D eigenvalue weighted by Crippen LogP contribution is -2.40. The maximum Gasteiger partial charge on any atom is 0.191 e. The Hall–Kier alpha value is -0.790. The zero-order valence-electron chi connectivity index (χ0n) is 12.3. The van der Waals surface area contributed by atoms with E-state index in [2.05, 4.69) is 19.4 Å². The van der Waals surface area contributed by atoms with Gasteiger partial charge in [-0.3, -0.25) is 4.99 Å². The monoisotopic (exact) mass is 391 g/mol. The first kappa shape index (κ1) is 17.3. The summed E-state index contributed by atoms with van der Waals surface area (Å²) in [6, 6.07) is 0. The number of halogens is 1. The molecule has 0 aromatic carbocycles. The molecule has 1 aromatic rings. The Bertz CT molecular complexity index is 409. The van der Waals surface area contributed by atoms with Crippen molar-refractivity contribution in [2.75, 3.05) is 19.6 Å². The van der Waals surface area contributed by atoms with Gasteiger partial charge >= 0.3 is 0 Å². The van der Waals surface area contributed by atoms with Gasteiger partial charge in [0.2, 0.25) is 0 Å². The van der Waals surface area contributed by atoms with Gasteiger partial charge in [-0.1, -0.05) is 0 Å². The van der Waals surface area contributed by atoms with Crippen LogP contribution in [0, 0.1) is 6.92 Å². The van der Waals surface area contributed by atoms with Gasteiger partial charge in [-0.05, 0) is 39.0 Å². The predicted molar refractivity (Wildman–Crippen MR) is 93.5 cm³/mol. The fraction of sp³-hybridized carbons (Fsp3) is 0.714. The standard InChI is InChI=1S/C14H25N5.HI/c1-13-16-8-12-18(13)9-6-3-7-17-14(15)19-10-4-2-5-11-19;/h8,12H,2-7,9-11H2,1H3,(H2,15,17);1H. The van der Waals surface area contributed by atoms with Gasteiger partial charge in [0.05, 0.1) is 0 Å². The summed E-state index contributed by atoms with van der Waals surface area (Å²) in [5.74, 6) is 1.81. The molecule has 0 atom stereocenters. The normalized spacial score (nSPS) is 16.1. The number of guanidine groups is 1. The number of aryl methyl sites for hydroxylation is 2. The Morgan fingerprint density at radius 1 is 1.30 bits per heavy atom. The molecule has 2 heterocycles. The van der Waals surface area contributed by atoms with E-state index >= 15 is 0 Å². The third-order valence-electron chi connectivity index (χ3n) is 3.68. The molecule has 1 saturated heterocycles. The third kappa shape index (κ3) is 5.30. The van der Waals surface area contributed by atoms with E-state index < -0.39 is 0 Å². The molecule has 1 aromatic heterocycles. The Morgan fingerprint density at radius 3 is 2.70 bits per heavy atom. The second kappa shape index (κ2) is 9.20. The minimum absolute atomic E-state index is 0. The number of piperidine rings is 1. The molecule has 0 radical (unpaired) electrons. The molecule has 0 saturated carbocycles. The second-order valence-corrected chi connectivity index (χ2v) is 5.16. The summed E-state index contributed by atoms with van der Waals surface area (Å²) in [5, 5.41) is 0. The first-order valence-electron chi connectivity index (χ1n) is 7.30. The lowest BCUT2D eigenvalue weighted by Gasteiger charge is -2.27. The van der Waals surface area contributed by atoms with Crippen molar-refractivity contribution in [3.05, 3.63) is 18.2 Å². The number of aromatic nitrogens is 2. The summed E-state index contributed by atoms with van der Waals surface area (Å²) >= 11 is 0. The molecule has 2 rings (SSSR count). The Labute approximate surface area is 138 Å². The Balaban J connectivity index is 0.00000200. The number of nitrogens with two attached hydrogens (primary N) is 1. The first-order valence-corrected chi connectivity index (χ1v) is 7.30. The van der Waals surface area contributed by atoms with Crippen molar-refractivity contribution in [2.45, 2.75) is 45.6 Å². The van der Waals surface area contributed by atoms with Crippen molar-refractivity contribution >= 4 is 29.9 Å². The van der Waals surface area contributed by atoms with Crippen LogP contribution in [0.1, 0.15) is 37.9 Å². The molecule has 0 bridgehead atoms. The van der Waals surface area contributed by atoms with E-state index in [1.54, 1.807) is 0 Å². The molecule has 0 aliphatic carbocycles. The molecule has 6 heteroatoms.